The van der Waals surface area contributed by atoms with Crippen LogP contribution in [0.5, 0.6) is 0 Å². The summed E-state index contributed by atoms with van der Waals surface area (Å²) in [4.78, 5) is 26.7. The molecule has 116 valence electrons. The lowest BCUT2D eigenvalue weighted by atomic mass is 10.2. The van der Waals surface area contributed by atoms with Crippen LogP contribution in [0, 0.1) is 0 Å². The Morgan fingerprint density at radius 3 is 2.45 bits per heavy atom. The molecule has 4 rings (SSSR count). The van der Waals surface area contributed by atoms with Crippen molar-refractivity contribution in [3.63, 3.8) is 0 Å². The second-order valence-electron chi connectivity index (χ2n) is 5.14. The van der Waals surface area contributed by atoms with E-state index in [0.29, 0.717) is 0 Å². The maximum Gasteiger partial charge on any atom is 0.321 e. The van der Waals surface area contributed by atoms with Gasteiger partial charge >= 0.3 is 12.1 Å². The summed E-state index contributed by atoms with van der Waals surface area (Å²) in [7, 11) is 3.58. The molecule has 0 saturated carbocycles. The Hall–Kier alpha value is -2.06. The maximum absolute atomic E-state index is 11.1. The fourth-order valence-electron chi connectivity index (χ4n) is 2.17. The zero-order chi connectivity index (χ0) is 15.7. The van der Waals surface area contributed by atoms with Crippen molar-refractivity contribution in [2.45, 2.75) is 13.1 Å². The van der Waals surface area contributed by atoms with Crippen LogP contribution in [0.4, 0.5) is 21.0 Å². The van der Waals surface area contributed by atoms with E-state index in [1.807, 2.05) is 16.8 Å². The molecule has 6 nitrogen and oxygen atoms in total. The highest BCUT2D eigenvalue weighted by molar-refractivity contribution is 7.10. The van der Waals surface area contributed by atoms with E-state index >= 15 is 0 Å². The van der Waals surface area contributed by atoms with Gasteiger partial charge in [0.05, 0.1) is 17.9 Å². The number of fused-ring (bicyclic) bond motifs is 2. The van der Waals surface area contributed by atoms with Crippen LogP contribution < -0.4 is 10.6 Å². The van der Waals surface area contributed by atoms with E-state index < -0.39 is 0 Å². The molecule has 2 aromatic rings. The van der Waals surface area contributed by atoms with E-state index in [-0.39, 0.29) is 12.1 Å². The van der Waals surface area contributed by atoms with Gasteiger partial charge in [0, 0.05) is 36.5 Å². The quantitative estimate of drug-likeness (QED) is 0.774. The summed E-state index contributed by atoms with van der Waals surface area (Å²) < 4.78 is 0. The van der Waals surface area contributed by atoms with Crippen molar-refractivity contribution in [2.75, 3.05) is 24.7 Å². The zero-order valence-electron chi connectivity index (χ0n) is 12.3. The molecule has 22 heavy (non-hydrogen) atoms. The van der Waals surface area contributed by atoms with Crippen LogP contribution in [0.15, 0.2) is 22.2 Å². The molecule has 0 aliphatic carbocycles. The molecule has 2 aliphatic heterocycles. The number of nitrogens with one attached hydrogen (secondary N) is 2. The normalized spacial score (nSPS) is 16.1. The van der Waals surface area contributed by atoms with Crippen LogP contribution in [0.1, 0.15) is 10.4 Å². The molecule has 0 aromatic carbocycles. The standard InChI is InChI=1S/2C7H8N2OS/c1-9-2-5-3-11-4-6(5)8-7(9)10;1-9-4-6-5(2-3-11-6)8-7(9)10/h3-4H,2H2,1H3,(H,8,10);2-3H,4H2,1H3,(H,8,10). The van der Waals surface area contributed by atoms with Gasteiger partial charge in [0.1, 0.15) is 0 Å². The number of hydrogen-bond donors (Lipinski definition) is 2. The van der Waals surface area contributed by atoms with Crippen molar-refractivity contribution in [1.82, 2.24) is 9.80 Å². The van der Waals surface area contributed by atoms with E-state index in [0.717, 1.165) is 24.5 Å². The van der Waals surface area contributed by atoms with Crippen molar-refractivity contribution in [2.24, 2.45) is 0 Å². The fourth-order valence-corrected chi connectivity index (χ4v) is 3.83. The highest BCUT2D eigenvalue weighted by Crippen LogP contribution is 2.27. The van der Waals surface area contributed by atoms with Crippen molar-refractivity contribution in [3.05, 3.63) is 32.6 Å². The summed E-state index contributed by atoms with van der Waals surface area (Å²) in [6.07, 6.45) is 0. The van der Waals surface area contributed by atoms with Crippen molar-refractivity contribution in [3.8, 4) is 0 Å². The highest BCUT2D eigenvalue weighted by Gasteiger charge is 2.19. The van der Waals surface area contributed by atoms with Crippen LogP contribution in [-0.4, -0.2) is 36.0 Å². The molecule has 0 saturated heterocycles. The maximum atomic E-state index is 11.1. The molecule has 0 spiro atoms. The molecule has 0 fully saturated rings. The number of urea groups is 2. The molecule has 2 aliphatic rings. The first-order chi connectivity index (χ1) is 10.5. The summed E-state index contributed by atoms with van der Waals surface area (Å²) in [5, 5.41) is 11.6. The molecule has 0 bridgehead atoms. The zero-order valence-corrected chi connectivity index (χ0v) is 13.9. The fraction of sp³-hybridized carbons (Fsp3) is 0.286. The third-order valence-corrected chi connectivity index (χ3v) is 5.15. The van der Waals surface area contributed by atoms with Gasteiger partial charge in [-0.2, -0.15) is 0 Å². The Bertz CT molecular complexity index is 649. The van der Waals surface area contributed by atoms with Gasteiger partial charge in [-0.3, -0.25) is 0 Å². The summed E-state index contributed by atoms with van der Waals surface area (Å²) in [6, 6.07) is 1.90. The molecule has 8 heteroatoms. The number of anilines is 2. The average Bonchev–Trinajstić information content (AvgIpc) is 3.09. The van der Waals surface area contributed by atoms with Crippen molar-refractivity contribution >= 4 is 46.1 Å². The molecule has 0 radical (unpaired) electrons. The summed E-state index contributed by atoms with van der Waals surface area (Å²) >= 11 is 3.29. The summed E-state index contributed by atoms with van der Waals surface area (Å²) in [6.45, 7) is 1.46. The van der Waals surface area contributed by atoms with Crippen molar-refractivity contribution in [1.29, 1.82) is 0 Å². The topological polar surface area (TPSA) is 64.7 Å². The number of hydrogen-bond acceptors (Lipinski definition) is 4. The lowest BCUT2D eigenvalue weighted by Gasteiger charge is -2.23. The minimum atomic E-state index is -0.0177. The van der Waals surface area contributed by atoms with Gasteiger partial charge in [-0.05, 0) is 16.8 Å². The Labute approximate surface area is 136 Å². The number of nitrogens with zero attached hydrogens (tertiary/aromatic N) is 2. The first kappa shape index (κ1) is 14.9. The van der Waals surface area contributed by atoms with E-state index in [9.17, 15) is 9.59 Å². The Balaban J connectivity index is 0.000000131. The van der Waals surface area contributed by atoms with Crippen LogP contribution in [-0.2, 0) is 13.1 Å². The van der Waals surface area contributed by atoms with Gasteiger partial charge in [-0.15, -0.1) is 22.7 Å². The van der Waals surface area contributed by atoms with Gasteiger partial charge < -0.3 is 20.4 Å². The first-order valence-corrected chi connectivity index (χ1v) is 8.52. The first-order valence-electron chi connectivity index (χ1n) is 6.70. The van der Waals surface area contributed by atoms with Gasteiger partial charge in [0.15, 0.2) is 0 Å². The monoisotopic (exact) mass is 336 g/mol. The van der Waals surface area contributed by atoms with Crippen molar-refractivity contribution < 1.29 is 9.59 Å². The van der Waals surface area contributed by atoms with Crippen LogP contribution in [0.3, 0.4) is 0 Å². The van der Waals surface area contributed by atoms with Crippen LogP contribution >= 0.6 is 22.7 Å². The van der Waals surface area contributed by atoms with Crippen LogP contribution in [0.2, 0.25) is 0 Å². The molecule has 2 N–H and O–H groups in total. The van der Waals surface area contributed by atoms with Crippen LogP contribution in [0.25, 0.3) is 0 Å². The second kappa shape index (κ2) is 5.98. The molecule has 2 aromatic heterocycles. The van der Waals surface area contributed by atoms with E-state index in [4.69, 9.17) is 0 Å². The Kier molecular flexibility index (Phi) is 4.04. The lowest BCUT2D eigenvalue weighted by molar-refractivity contribution is 0.218. The third kappa shape index (κ3) is 2.93. The van der Waals surface area contributed by atoms with E-state index in [2.05, 4.69) is 16.0 Å². The number of carbonyl (C=O) groups is 2. The Morgan fingerprint density at radius 2 is 1.68 bits per heavy atom. The largest absolute Gasteiger partial charge is 0.323 e. The van der Waals surface area contributed by atoms with Gasteiger partial charge in [0.25, 0.3) is 0 Å². The second-order valence-corrected chi connectivity index (χ2v) is 6.88. The SMILES string of the molecule is CN1Cc2cscc2NC1=O.CN1Cc2sccc2NC1=O. The Morgan fingerprint density at radius 1 is 1.00 bits per heavy atom. The highest BCUT2D eigenvalue weighted by atomic mass is 32.1. The number of rotatable bonds is 0. The average molecular weight is 336 g/mol. The minimum Gasteiger partial charge on any atom is -0.323 e. The number of amides is 4. The molecule has 4 heterocycles. The smallest absolute Gasteiger partial charge is 0.321 e. The summed E-state index contributed by atoms with van der Waals surface area (Å²) in [5.74, 6) is 0. The third-order valence-electron chi connectivity index (χ3n) is 3.45. The molecule has 0 atom stereocenters. The van der Waals surface area contributed by atoms with E-state index in [1.165, 1.54) is 10.4 Å². The summed E-state index contributed by atoms with van der Waals surface area (Å²) in [5.41, 5.74) is 3.15. The number of carbonyl (C=O) groups excluding carboxylic acids is 2. The van der Waals surface area contributed by atoms with E-state index in [1.54, 1.807) is 46.6 Å². The molecule has 0 unspecified atom stereocenters. The molecular weight excluding hydrogens is 320 g/mol. The van der Waals surface area contributed by atoms with Gasteiger partial charge in [0.2, 0.25) is 0 Å². The minimum absolute atomic E-state index is 0.0177. The molecule has 4 amide bonds. The molecular formula is C14H16N4O2S2. The predicted molar refractivity (Wildman–Crippen MR) is 89.6 cm³/mol. The van der Waals surface area contributed by atoms with Gasteiger partial charge in [-0.25, -0.2) is 9.59 Å². The van der Waals surface area contributed by atoms with Gasteiger partial charge in [-0.1, -0.05) is 0 Å². The lowest BCUT2D eigenvalue weighted by Crippen LogP contribution is -2.34. The number of thiophene rings is 2. The predicted octanol–water partition coefficient (Wildman–Crippen LogP) is 3.45.